The van der Waals surface area contributed by atoms with E-state index in [0.717, 1.165) is 6.54 Å². The van der Waals surface area contributed by atoms with Crippen LogP contribution in [-0.2, 0) is 4.79 Å². The van der Waals surface area contributed by atoms with Crippen LogP contribution in [0.3, 0.4) is 0 Å². The van der Waals surface area contributed by atoms with Gasteiger partial charge >= 0.3 is 5.97 Å². The van der Waals surface area contributed by atoms with Crippen LogP contribution in [0.1, 0.15) is 155 Å². The minimum Gasteiger partial charge on any atom is -0.481 e. The normalized spacial score (nSPS) is 11.2. The molecule has 180 valence electrons. The summed E-state index contributed by atoms with van der Waals surface area (Å²) >= 11 is 0. The van der Waals surface area contributed by atoms with Gasteiger partial charge in [0.05, 0.1) is 6.42 Å². The Labute approximate surface area is 189 Å². The number of aliphatic carboxylic acids is 1. The first-order chi connectivity index (χ1) is 14.8. The molecule has 3 nitrogen and oxygen atoms in total. The lowest BCUT2D eigenvalue weighted by Crippen LogP contribution is -2.19. The molecule has 0 saturated heterocycles. The zero-order valence-electron chi connectivity index (χ0n) is 20.5. The quantitative estimate of drug-likeness (QED) is 0.136. The predicted molar refractivity (Wildman–Crippen MR) is 132 cm³/mol. The van der Waals surface area contributed by atoms with E-state index in [2.05, 4.69) is 12.2 Å². The molecular formula is C27H55NO2. The second-order valence-corrected chi connectivity index (χ2v) is 9.32. The Morgan fingerprint density at radius 3 is 1.10 bits per heavy atom. The molecule has 0 atom stereocenters. The second kappa shape index (κ2) is 26.5. The van der Waals surface area contributed by atoms with E-state index < -0.39 is 5.97 Å². The Bertz CT molecular complexity index is 333. The molecule has 0 amide bonds. The van der Waals surface area contributed by atoms with Gasteiger partial charge in [0, 0.05) is 6.54 Å². The van der Waals surface area contributed by atoms with Crippen LogP contribution >= 0.6 is 0 Å². The zero-order chi connectivity index (χ0) is 22.0. The molecule has 0 bridgehead atoms. The van der Waals surface area contributed by atoms with Gasteiger partial charge in [0.15, 0.2) is 0 Å². The third-order valence-electron chi connectivity index (χ3n) is 6.22. The number of rotatable bonds is 26. The highest BCUT2D eigenvalue weighted by Crippen LogP contribution is 2.15. The second-order valence-electron chi connectivity index (χ2n) is 9.32. The summed E-state index contributed by atoms with van der Waals surface area (Å²) in [6, 6.07) is 0. The monoisotopic (exact) mass is 425 g/mol. The molecule has 0 aromatic heterocycles. The van der Waals surface area contributed by atoms with Crippen molar-refractivity contribution in [3.8, 4) is 0 Å². The standard InChI is InChI=1S/C27H55NO2/c1-2-3-4-5-6-7-8-9-10-11-12-13-14-15-16-17-18-19-20-21-22-23-25-28-26-24-27(29)30/h28H,2-26H2,1H3,(H,29,30). The fourth-order valence-electron chi connectivity index (χ4n) is 4.18. The van der Waals surface area contributed by atoms with Gasteiger partial charge in [-0.1, -0.05) is 142 Å². The summed E-state index contributed by atoms with van der Waals surface area (Å²) in [6.45, 7) is 3.86. The molecule has 0 saturated carbocycles. The molecule has 0 spiro atoms. The number of carbonyl (C=O) groups is 1. The molecule has 0 fully saturated rings. The molecule has 0 aliphatic heterocycles. The molecule has 0 aliphatic carbocycles. The summed E-state index contributed by atoms with van der Waals surface area (Å²) in [4.78, 5) is 10.4. The summed E-state index contributed by atoms with van der Waals surface area (Å²) in [5.41, 5.74) is 0. The van der Waals surface area contributed by atoms with Crippen LogP contribution in [0.15, 0.2) is 0 Å². The summed E-state index contributed by atoms with van der Waals surface area (Å²) in [5.74, 6) is -0.711. The number of hydrogen-bond donors (Lipinski definition) is 2. The van der Waals surface area contributed by atoms with Crippen LogP contribution in [0.2, 0.25) is 0 Å². The first kappa shape index (κ1) is 29.4. The highest BCUT2D eigenvalue weighted by atomic mass is 16.4. The molecule has 0 aromatic carbocycles. The summed E-state index contributed by atoms with van der Waals surface area (Å²) in [6.07, 6.45) is 31.4. The van der Waals surface area contributed by atoms with Crippen molar-refractivity contribution in [2.75, 3.05) is 13.1 Å². The zero-order valence-corrected chi connectivity index (χ0v) is 20.5. The Hall–Kier alpha value is -0.570. The van der Waals surface area contributed by atoms with Gasteiger partial charge in [-0.25, -0.2) is 0 Å². The van der Waals surface area contributed by atoms with Crippen LogP contribution in [0, 0.1) is 0 Å². The van der Waals surface area contributed by atoms with Gasteiger partial charge in [0.2, 0.25) is 0 Å². The molecule has 3 heteroatoms. The van der Waals surface area contributed by atoms with Crippen LogP contribution in [-0.4, -0.2) is 24.2 Å². The van der Waals surface area contributed by atoms with Crippen molar-refractivity contribution in [2.45, 2.75) is 155 Å². The van der Waals surface area contributed by atoms with E-state index in [-0.39, 0.29) is 6.42 Å². The van der Waals surface area contributed by atoms with E-state index in [1.165, 1.54) is 141 Å². The van der Waals surface area contributed by atoms with E-state index in [4.69, 9.17) is 5.11 Å². The van der Waals surface area contributed by atoms with Crippen molar-refractivity contribution in [3.05, 3.63) is 0 Å². The van der Waals surface area contributed by atoms with Crippen molar-refractivity contribution < 1.29 is 9.90 Å². The van der Waals surface area contributed by atoms with E-state index in [0.29, 0.717) is 6.54 Å². The van der Waals surface area contributed by atoms with Crippen molar-refractivity contribution >= 4 is 5.97 Å². The van der Waals surface area contributed by atoms with Gasteiger partial charge in [-0.15, -0.1) is 0 Å². The topological polar surface area (TPSA) is 49.3 Å². The minimum absolute atomic E-state index is 0.235. The molecule has 0 aliphatic rings. The highest BCUT2D eigenvalue weighted by Gasteiger charge is 1.97. The molecule has 0 rings (SSSR count). The fraction of sp³-hybridized carbons (Fsp3) is 0.963. The summed E-state index contributed by atoms with van der Waals surface area (Å²) in [5, 5.41) is 11.8. The maximum atomic E-state index is 10.4. The van der Waals surface area contributed by atoms with Gasteiger partial charge in [-0.3, -0.25) is 4.79 Å². The number of carboxylic acids is 1. The van der Waals surface area contributed by atoms with Gasteiger partial charge in [0.1, 0.15) is 0 Å². The lowest BCUT2D eigenvalue weighted by Gasteiger charge is -2.05. The Kier molecular flexibility index (Phi) is 26.0. The average molecular weight is 426 g/mol. The smallest absolute Gasteiger partial charge is 0.304 e. The number of hydrogen-bond acceptors (Lipinski definition) is 2. The molecular weight excluding hydrogens is 370 g/mol. The van der Waals surface area contributed by atoms with Crippen LogP contribution < -0.4 is 5.32 Å². The van der Waals surface area contributed by atoms with Gasteiger partial charge in [-0.05, 0) is 13.0 Å². The lowest BCUT2D eigenvalue weighted by molar-refractivity contribution is -0.136. The van der Waals surface area contributed by atoms with Crippen LogP contribution in [0.5, 0.6) is 0 Å². The molecule has 0 aromatic rings. The third kappa shape index (κ3) is 27.4. The number of unbranched alkanes of at least 4 members (excludes halogenated alkanes) is 21. The largest absolute Gasteiger partial charge is 0.481 e. The summed E-state index contributed by atoms with van der Waals surface area (Å²) in [7, 11) is 0. The Morgan fingerprint density at radius 2 is 0.800 bits per heavy atom. The van der Waals surface area contributed by atoms with Crippen molar-refractivity contribution in [2.24, 2.45) is 0 Å². The molecule has 0 radical (unpaired) electrons. The van der Waals surface area contributed by atoms with Crippen molar-refractivity contribution in [1.82, 2.24) is 5.32 Å². The van der Waals surface area contributed by atoms with Crippen LogP contribution in [0.4, 0.5) is 0 Å². The first-order valence-electron chi connectivity index (χ1n) is 13.7. The number of nitrogens with one attached hydrogen (secondary N) is 1. The van der Waals surface area contributed by atoms with E-state index >= 15 is 0 Å². The van der Waals surface area contributed by atoms with Crippen LogP contribution in [0.25, 0.3) is 0 Å². The first-order valence-corrected chi connectivity index (χ1v) is 13.7. The molecule has 30 heavy (non-hydrogen) atoms. The van der Waals surface area contributed by atoms with Gasteiger partial charge in [0.25, 0.3) is 0 Å². The van der Waals surface area contributed by atoms with Crippen molar-refractivity contribution in [3.63, 3.8) is 0 Å². The van der Waals surface area contributed by atoms with E-state index in [1.807, 2.05) is 0 Å². The molecule has 0 unspecified atom stereocenters. The molecule has 0 heterocycles. The maximum absolute atomic E-state index is 10.4. The van der Waals surface area contributed by atoms with Gasteiger partial charge < -0.3 is 10.4 Å². The van der Waals surface area contributed by atoms with E-state index in [9.17, 15) is 4.79 Å². The van der Waals surface area contributed by atoms with Gasteiger partial charge in [-0.2, -0.15) is 0 Å². The maximum Gasteiger partial charge on any atom is 0.304 e. The number of carboxylic acid groups (broad SMARTS) is 1. The summed E-state index contributed by atoms with van der Waals surface area (Å²) < 4.78 is 0. The lowest BCUT2D eigenvalue weighted by atomic mass is 10.0. The average Bonchev–Trinajstić information content (AvgIpc) is 2.73. The fourth-order valence-corrected chi connectivity index (χ4v) is 4.18. The Morgan fingerprint density at radius 1 is 0.500 bits per heavy atom. The SMILES string of the molecule is CCCCCCCCCCCCCCCCCCCCCCCCNCCC(=O)O. The van der Waals surface area contributed by atoms with E-state index in [1.54, 1.807) is 0 Å². The minimum atomic E-state index is -0.711. The predicted octanol–water partition coefficient (Wildman–Crippen LogP) is 8.65. The third-order valence-corrected chi connectivity index (χ3v) is 6.22. The molecule has 2 N–H and O–H groups in total. The van der Waals surface area contributed by atoms with Crippen molar-refractivity contribution in [1.29, 1.82) is 0 Å². The Balaban J connectivity index is 2.99. The highest BCUT2D eigenvalue weighted by molar-refractivity contribution is 5.66.